The Hall–Kier alpha value is -6.64. The SMILES string of the molecule is CC1(C)c2ccccc2-c2cccc(N(c3ccccc3-c3ccccc3-c3ccccc3)c3ccccc3-c3cccc4oc5ccccc5c34)c21. The van der Waals surface area contributed by atoms with E-state index in [1.54, 1.807) is 0 Å². The molecule has 0 saturated heterocycles. The summed E-state index contributed by atoms with van der Waals surface area (Å²) in [7, 11) is 0. The molecule has 0 bridgehead atoms. The van der Waals surface area contributed by atoms with E-state index in [1.807, 2.05) is 6.07 Å². The molecule has 0 atom stereocenters. The molecule has 8 aromatic carbocycles. The Kier molecular flexibility index (Phi) is 7.19. The lowest BCUT2D eigenvalue weighted by Gasteiger charge is -2.34. The van der Waals surface area contributed by atoms with E-state index in [1.165, 1.54) is 50.2 Å². The number of hydrogen-bond donors (Lipinski definition) is 0. The maximum atomic E-state index is 6.43. The molecule has 1 heterocycles. The van der Waals surface area contributed by atoms with Gasteiger partial charge in [0, 0.05) is 27.3 Å². The highest BCUT2D eigenvalue weighted by atomic mass is 16.3. The van der Waals surface area contributed by atoms with Crippen molar-refractivity contribution in [3.8, 4) is 44.5 Å². The molecule has 252 valence electrons. The molecule has 9 aromatic rings. The molecular formula is C51H37NO. The van der Waals surface area contributed by atoms with Gasteiger partial charge in [0.15, 0.2) is 0 Å². The molecule has 0 N–H and O–H groups in total. The van der Waals surface area contributed by atoms with Crippen molar-refractivity contribution in [1.82, 2.24) is 0 Å². The van der Waals surface area contributed by atoms with Gasteiger partial charge < -0.3 is 9.32 Å². The largest absolute Gasteiger partial charge is 0.456 e. The molecule has 53 heavy (non-hydrogen) atoms. The predicted molar refractivity (Wildman–Crippen MR) is 222 cm³/mol. The van der Waals surface area contributed by atoms with E-state index in [2.05, 4.69) is 201 Å². The minimum Gasteiger partial charge on any atom is -0.456 e. The number of para-hydroxylation sites is 3. The summed E-state index contributed by atoms with van der Waals surface area (Å²) >= 11 is 0. The molecular weight excluding hydrogens is 643 g/mol. The van der Waals surface area contributed by atoms with Gasteiger partial charge in [-0.25, -0.2) is 0 Å². The highest BCUT2D eigenvalue weighted by molar-refractivity contribution is 6.14. The summed E-state index contributed by atoms with van der Waals surface area (Å²) < 4.78 is 6.43. The summed E-state index contributed by atoms with van der Waals surface area (Å²) in [5.41, 5.74) is 17.3. The second-order valence-corrected chi connectivity index (χ2v) is 14.4. The van der Waals surface area contributed by atoms with Crippen LogP contribution in [0.3, 0.4) is 0 Å². The van der Waals surface area contributed by atoms with Crippen molar-refractivity contribution in [2.45, 2.75) is 19.3 Å². The number of nitrogens with zero attached hydrogens (tertiary/aromatic N) is 1. The van der Waals surface area contributed by atoms with Crippen molar-refractivity contribution in [3.05, 3.63) is 199 Å². The Labute approximate surface area is 310 Å². The normalized spacial score (nSPS) is 12.9. The van der Waals surface area contributed by atoms with E-state index >= 15 is 0 Å². The van der Waals surface area contributed by atoms with Crippen molar-refractivity contribution in [2.75, 3.05) is 4.90 Å². The molecule has 1 aromatic heterocycles. The summed E-state index contributed by atoms with van der Waals surface area (Å²) in [6.45, 7) is 4.75. The van der Waals surface area contributed by atoms with Gasteiger partial charge in [0.05, 0.1) is 17.1 Å². The molecule has 0 fully saturated rings. The lowest BCUT2D eigenvalue weighted by molar-refractivity contribution is 0.661. The van der Waals surface area contributed by atoms with Crippen LogP contribution < -0.4 is 4.90 Å². The fraction of sp³-hybridized carbons (Fsp3) is 0.0588. The monoisotopic (exact) mass is 679 g/mol. The highest BCUT2D eigenvalue weighted by Gasteiger charge is 2.39. The third-order valence-corrected chi connectivity index (χ3v) is 11.1. The van der Waals surface area contributed by atoms with Crippen LogP contribution in [0.15, 0.2) is 192 Å². The number of hydrogen-bond acceptors (Lipinski definition) is 2. The van der Waals surface area contributed by atoms with Crippen LogP contribution in [-0.2, 0) is 5.41 Å². The maximum Gasteiger partial charge on any atom is 0.136 e. The van der Waals surface area contributed by atoms with E-state index < -0.39 is 0 Å². The average molecular weight is 680 g/mol. The summed E-state index contributed by atoms with van der Waals surface area (Å²) in [5.74, 6) is 0. The molecule has 0 radical (unpaired) electrons. The molecule has 1 aliphatic rings. The average Bonchev–Trinajstić information content (AvgIpc) is 3.71. The Morgan fingerprint density at radius 3 is 1.66 bits per heavy atom. The summed E-state index contributed by atoms with van der Waals surface area (Å²) in [6.07, 6.45) is 0. The fourth-order valence-electron chi connectivity index (χ4n) is 8.77. The lowest BCUT2D eigenvalue weighted by atomic mass is 9.81. The van der Waals surface area contributed by atoms with Crippen LogP contribution in [0.5, 0.6) is 0 Å². The van der Waals surface area contributed by atoms with E-state index in [0.717, 1.165) is 44.4 Å². The molecule has 0 spiro atoms. The third kappa shape index (κ3) is 4.87. The minimum absolute atomic E-state index is 0.229. The summed E-state index contributed by atoms with van der Waals surface area (Å²) in [6, 6.07) is 67.9. The first-order valence-electron chi connectivity index (χ1n) is 18.4. The second-order valence-electron chi connectivity index (χ2n) is 14.4. The van der Waals surface area contributed by atoms with Gasteiger partial charge in [-0.3, -0.25) is 0 Å². The highest BCUT2D eigenvalue weighted by Crippen LogP contribution is 2.56. The minimum atomic E-state index is -0.229. The molecule has 1 aliphatic carbocycles. The van der Waals surface area contributed by atoms with Crippen molar-refractivity contribution in [2.24, 2.45) is 0 Å². The molecule has 2 nitrogen and oxygen atoms in total. The molecule has 0 aliphatic heterocycles. The molecule has 10 rings (SSSR count). The number of benzene rings is 8. The van der Waals surface area contributed by atoms with Crippen molar-refractivity contribution in [1.29, 1.82) is 0 Å². The Morgan fingerprint density at radius 2 is 0.887 bits per heavy atom. The van der Waals surface area contributed by atoms with Gasteiger partial charge in [0.25, 0.3) is 0 Å². The fourth-order valence-corrected chi connectivity index (χ4v) is 8.77. The van der Waals surface area contributed by atoms with Crippen LogP contribution >= 0.6 is 0 Å². The van der Waals surface area contributed by atoms with Crippen LogP contribution in [-0.4, -0.2) is 0 Å². The zero-order valence-corrected chi connectivity index (χ0v) is 29.8. The van der Waals surface area contributed by atoms with Gasteiger partial charge in [-0.2, -0.15) is 0 Å². The van der Waals surface area contributed by atoms with Crippen molar-refractivity contribution >= 4 is 39.0 Å². The number of rotatable bonds is 6. The van der Waals surface area contributed by atoms with E-state index in [0.29, 0.717) is 0 Å². The zero-order valence-electron chi connectivity index (χ0n) is 29.8. The van der Waals surface area contributed by atoms with Gasteiger partial charge >= 0.3 is 0 Å². The van der Waals surface area contributed by atoms with Crippen molar-refractivity contribution in [3.63, 3.8) is 0 Å². The van der Waals surface area contributed by atoms with Gasteiger partial charge in [-0.15, -0.1) is 0 Å². The Bertz CT molecular complexity index is 2820. The van der Waals surface area contributed by atoms with Crippen molar-refractivity contribution < 1.29 is 4.42 Å². The number of anilines is 3. The molecule has 0 unspecified atom stereocenters. The second kappa shape index (κ2) is 12.3. The van der Waals surface area contributed by atoms with Crippen LogP contribution in [0.4, 0.5) is 17.1 Å². The first kappa shape index (κ1) is 31.1. The Balaban J connectivity index is 1.30. The topological polar surface area (TPSA) is 16.4 Å². The van der Waals surface area contributed by atoms with Gasteiger partial charge in [-0.1, -0.05) is 172 Å². The van der Waals surface area contributed by atoms with Gasteiger partial charge in [-0.05, 0) is 74.8 Å². The van der Waals surface area contributed by atoms with E-state index in [9.17, 15) is 0 Å². The molecule has 2 heteroatoms. The van der Waals surface area contributed by atoms with Crippen LogP contribution in [0, 0.1) is 0 Å². The smallest absolute Gasteiger partial charge is 0.136 e. The number of fused-ring (bicyclic) bond motifs is 6. The lowest BCUT2D eigenvalue weighted by Crippen LogP contribution is -2.21. The van der Waals surface area contributed by atoms with Gasteiger partial charge in [0.1, 0.15) is 11.2 Å². The van der Waals surface area contributed by atoms with Crippen LogP contribution in [0.1, 0.15) is 25.0 Å². The first-order valence-corrected chi connectivity index (χ1v) is 18.4. The first-order chi connectivity index (χ1) is 26.1. The number of furan rings is 1. The summed E-state index contributed by atoms with van der Waals surface area (Å²) in [4.78, 5) is 2.53. The quantitative estimate of drug-likeness (QED) is 0.174. The van der Waals surface area contributed by atoms with Crippen LogP contribution in [0.2, 0.25) is 0 Å². The standard InChI is InChI=1S/C51H37NO/c1-51(2)43-28-12-8-22-37(43)41-27-16-31-46(50(41)51)52(44-29-13-9-23-38(44)36-21-7-6-20-35(36)34-18-4-3-5-19-34)45-30-14-10-24-39(45)40-26-17-33-48-49(40)42-25-11-15-32-47(42)53-48/h3-33H,1-2H3. The summed E-state index contributed by atoms with van der Waals surface area (Å²) in [5, 5.41) is 2.25. The maximum absolute atomic E-state index is 6.43. The van der Waals surface area contributed by atoms with Crippen LogP contribution in [0.25, 0.3) is 66.4 Å². The molecule has 0 saturated carbocycles. The Morgan fingerprint density at radius 1 is 0.377 bits per heavy atom. The third-order valence-electron chi connectivity index (χ3n) is 11.1. The van der Waals surface area contributed by atoms with E-state index in [4.69, 9.17) is 4.42 Å². The zero-order chi connectivity index (χ0) is 35.5. The van der Waals surface area contributed by atoms with Gasteiger partial charge in [0.2, 0.25) is 0 Å². The molecule has 0 amide bonds. The van der Waals surface area contributed by atoms with E-state index in [-0.39, 0.29) is 5.41 Å². The predicted octanol–water partition coefficient (Wildman–Crippen LogP) is 14.4.